The lowest BCUT2D eigenvalue weighted by molar-refractivity contribution is -0.385. The van der Waals surface area contributed by atoms with E-state index in [1.807, 2.05) is 0 Å². The number of nitro groups is 1. The summed E-state index contributed by atoms with van der Waals surface area (Å²) >= 11 is 0. The number of hydrogen-bond donors (Lipinski definition) is 1. The minimum Gasteiger partial charge on any atom is -0.508 e. The third-order valence-electron chi connectivity index (χ3n) is 3.40. The number of non-ortho nitro benzene ring substituents is 1. The van der Waals surface area contributed by atoms with Crippen molar-refractivity contribution in [1.82, 2.24) is 4.90 Å². The van der Waals surface area contributed by atoms with E-state index in [-0.39, 0.29) is 27.5 Å². The van der Waals surface area contributed by atoms with Gasteiger partial charge in [0.25, 0.3) is 11.6 Å². The van der Waals surface area contributed by atoms with Crippen LogP contribution in [0.15, 0.2) is 18.2 Å². The number of rotatable bonds is 2. The van der Waals surface area contributed by atoms with Gasteiger partial charge < -0.3 is 10.0 Å². The fourth-order valence-corrected chi connectivity index (χ4v) is 3.86. The molecule has 1 aliphatic rings. The largest absolute Gasteiger partial charge is 0.508 e. The molecule has 1 aromatic rings. The van der Waals surface area contributed by atoms with Crippen molar-refractivity contribution in [3.8, 4) is 5.75 Å². The molecular formula is C13H16N2O5S. The van der Waals surface area contributed by atoms with Gasteiger partial charge in [0.05, 0.1) is 16.6 Å². The van der Waals surface area contributed by atoms with Crippen molar-refractivity contribution in [1.29, 1.82) is 0 Å². The summed E-state index contributed by atoms with van der Waals surface area (Å²) < 4.78 is 11.9. The molecular weight excluding hydrogens is 296 g/mol. The molecule has 0 saturated carbocycles. The van der Waals surface area contributed by atoms with Gasteiger partial charge in [0.15, 0.2) is 0 Å². The van der Waals surface area contributed by atoms with Gasteiger partial charge in [-0.15, -0.1) is 0 Å². The Morgan fingerprint density at radius 2 is 1.90 bits per heavy atom. The maximum atomic E-state index is 12.4. The predicted octanol–water partition coefficient (Wildman–Crippen LogP) is 1.28. The number of amides is 1. The number of aromatic hydroxyl groups is 1. The number of benzene rings is 1. The maximum absolute atomic E-state index is 12.4. The first-order valence-corrected chi connectivity index (χ1v) is 7.74. The van der Waals surface area contributed by atoms with Gasteiger partial charge in [0.1, 0.15) is 5.75 Å². The first kappa shape index (κ1) is 15.4. The van der Waals surface area contributed by atoms with Crippen molar-refractivity contribution >= 4 is 22.4 Å². The third-order valence-corrected chi connectivity index (χ3v) is 5.28. The summed E-state index contributed by atoms with van der Waals surface area (Å²) in [6, 6.07) is 3.34. The molecule has 114 valence electrons. The standard InChI is InChI=1S/C13H16N2O5S/c1-8-6-14(7-9(2)21(8)20)13(17)10-3-11(15(18)19)5-12(16)4-10/h3-5,8-9,16H,6-7H2,1-2H3. The average Bonchev–Trinajstić information content (AvgIpc) is 2.42. The average molecular weight is 312 g/mol. The van der Waals surface area contributed by atoms with Crippen LogP contribution in [0.3, 0.4) is 0 Å². The van der Waals surface area contributed by atoms with E-state index in [4.69, 9.17) is 0 Å². The van der Waals surface area contributed by atoms with Gasteiger partial charge >= 0.3 is 0 Å². The molecule has 21 heavy (non-hydrogen) atoms. The highest BCUT2D eigenvalue weighted by Gasteiger charge is 2.32. The Morgan fingerprint density at radius 3 is 2.43 bits per heavy atom. The molecule has 0 radical (unpaired) electrons. The van der Waals surface area contributed by atoms with E-state index in [1.54, 1.807) is 13.8 Å². The fourth-order valence-electron chi connectivity index (χ4n) is 2.41. The minimum atomic E-state index is -0.991. The predicted molar refractivity (Wildman–Crippen MR) is 77.7 cm³/mol. The van der Waals surface area contributed by atoms with Gasteiger partial charge in [0.2, 0.25) is 0 Å². The van der Waals surface area contributed by atoms with Crippen LogP contribution in [-0.4, -0.2) is 48.6 Å². The molecule has 7 nitrogen and oxygen atoms in total. The van der Waals surface area contributed by atoms with E-state index in [9.17, 15) is 24.2 Å². The lowest BCUT2D eigenvalue weighted by Gasteiger charge is -2.34. The summed E-state index contributed by atoms with van der Waals surface area (Å²) in [5.41, 5.74) is -0.270. The van der Waals surface area contributed by atoms with Gasteiger partial charge in [0, 0.05) is 40.5 Å². The molecule has 0 aliphatic carbocycles. The fraction of sp³-hybridized carbons (Fsp3) is 0.462. The van der Waals surface area contributed by atoms with Crippen LogP contribution < -0.4 is 0 Å². The van der Waals surface area contributed by atoms with E-state index < -0.39 is 21.6 Å². The first-order valence-electron chi connectivity index (χ1n) is 6.46. The Bertz CT molecular complexity index is 605. The van der Waals surface area contributed by atoms with Gasteiger partial charge in [-0.2, -0.15) is 0 Å². The Labute approximate surface area is 124 Å². The number of carbonyl (C=O) groups is 1. The van der Waals surface area contributed by atoms with Gasteiger partial charge in [-0.05, 0) is 19.9 Å². The highest BCUT2D eigenvalue weighted by atomic mass is 32.2. The maximum Gasteiger partial charge on any atom is 0.273 e. The van der Waals surface area contributed by atoms with Crippen LogP contribution >= 0.6 is 0 Å². The van der Waals surface area contributed by atoms with Crippen molar-refractivity contribution in [3.05, 3.63) is 33.9 Å². The molecule has 1 N–H and O–H groups in total. The van der Waals surface area contributed by atoms with Crippen LogP contribution in [0.5, 0.6) is 5.75 Å². The second-order valence-corrected chi connectivity index (χ2v) is 7.42. The zero-order valence-corrected chi connectivity index (χ0v) is 12.5. The first-order chi connectivity index (χ1) is 9.79. The monoisotopic (exact) mass is 312 g/mol. The molecule has 1 aromatic carbocycles. The van der Waals surface area contributed by atoms with Gasteiger partial charge in [-0.25, -0.2) is 0 Å². The van der Waals surface area contributed by atoms with Crippen molar-refractivity contribution in [2.75, 3.05) is 13.1 Å². The molecule has 0 bridgehead atoms. The molecule has 0 spiro atoms. The number of hydrogen-bond acceptors (Lipinski definition) is 5. The summed E-state index contributed by atoms with van der Waals surface area (Å²) in [4.78, 5) is 24.1. The van der Waals surface area contributed by atoms with Gasteiger partial charge in [-0.1, -0.05) is 0 Å². The smallest absolute Gasteiger partial charge is 0.273 e. The van der Waals surface area contributed by atoms with Crippen molar-refractivity contribution in [2.45, 2.75) is 24.3 Å². The van der Waals surface area contributed by atoms with Gasteiger partial charge in [-0.3, -0.25) is 19.1 Å². The molecule has 2 atom stereocenters. The zero-order chi connectivity index (χ0) is 15.7. The molecule has 2 unspecified atom stereocenters. The van der Waals surface area contributed by atoms with E-state index >= 15 is 0 Å². The van der Waals surface area contributed by atoms with Crippen LogP contribution in [0.1, 0.15) is 24.2 Å². The highest BCUT2D eigenvalue weighted by Crippen LogP contribution is 2.24. The summed E-state index contributed by atoms with van der Waals surface area (Å²) in [5.74, 6) is -0.723. The highest BCUT2D eigenvalue weighted by molar-refractivity contribution is 7.86. The SMILES string of the molecule is CC1CN(C(=O)c2cc(O)cc([N+](=O)[O-])c2)CC(C)S1=O. The van der Waals surface area contributed by atoms with E-state index in [1.165, 1.54) is 11.0 Å². The summed E-state index contributed by atoms with van der Waals surface area (Å²) in [7, 11) is -0.991. The molecule has 1 fully saturated rings. The van der Waals surface area contributed by atoms with Crippen LogP contribution in [-0.2, 0) is 10.8 Å². The van der Waals surface area contributed by atoms with E-state index in [0.717, 1.165) is 12.1 Å². The molecule has 1 heterocycles. The topological polar surface area (TPSA) is 101 Å². The Kier molecular flexibility index (Phi) is 4.26. The molecule has 1 saturated heterocycles. The third kappa shape index (κ3) is 3.21. The Balaban J connectivity index is 2.28. The Morgan fingerprint density at radius 1 is 1.33 bits per heavy atom. The van der Waals surface area contributed by atoms with E-state index in [0.29, 0.717) is 13.1 Å². The molecule has 1 aliphatic heterocycles. The lowest BCUT2D eigenvalue weighted by Crippen LogP contribution is -2.49. The van der Waals surface area contributed by atoms with Crippen molar-refractivity contribution in [2.24, 2.45) is 0 Å². The number of phenols is 1. The lowest BCUT2D eigenvalue weighted by atomic mass is 10.1. The molecule has 2 rings (SSSR count). The molecule has 0 aromatic heterocycles. The second-order valence-electron chi connectivity index (χ2n) is 5.16. The Hall–Kier alpha value is -1.96. The summed E-state index contributed by atoms with van der Waals surface area (Å²) in [6.45, 7) is 4.27. The second kappa shape index (κ2) is 5.80. The van der Waals surface area contributed by atoms with Crippen molar-refractivity contribution < 1.29 is 19.0 Å². The summed E-state index contributed by atoms with van der Waals surface area (Å²) in [6.07, 6.45) is 0. The minimum absolute atomic E-state index is 0.0637. The van der Waals surface area contributed by atoms with Crippen LogP contribution in [0.25, 0.3) is 0 Å². The van der Waals surface area contributed by atoms with Crippen molar-refractivity contribution in [3.63, 3.8) is 0 Å². The van der Waals surface area contributed by atoms with Crippen LogP contribution in [0.4, 0.5) is 5.69 Å². The number of nitro benzene ring substituents is 1. The van der Waals surface area contributed by atoms with E-state index in [2.05, 4.69) is 0 Å². The quantitative estimate of drug-likeness (QED) is 0.655. The molecule has 8 heteroatoms. The van der Waals surface area contributed by atoms with Crippen LogP contribution in [0.2, 0.25) is 0 Å². The zero-order valence-electron chi connectivity index (χ0n) is 11.7. The number of nitrogens with zero attached hydrogens (tertiary/aromatic N) is 2. The molecule has 1 amide bonds. The summed E-state index contributed by atoms with van der Waals surface area (Å²) in [5, 5.41) is 20.0. The normalized spacial score (nSPS) is 25.6. The van der Waals surface area contributed by atoms with Crippen LogP contribution in [0, 0.1) is 10.1 Å². The number of phenolic OH excluding ortho intramolecular Hbond substituents is 1. The number of carbonyl (C=O) groups excluding carboxylic acids is 1.